The molecule has 0 heterocycles. The normalized spacial score (nSPS) is 11.0. The third-order valence-electron chi connectivity index (χ3n) is 4.47. The topological polar surface area (TPSA) is 119 Å². The van der Waals surface area contributed by atoms with E-state index in [4.69, 9.17) is 4.74 Å². The van der Waals surface area contributed by atoms with Crippen LogP contribution in [0.15, 0.2) is 45.8 Å². The van der Waals surface area contributed by atoms with Gasteiger partial charge in [0.25, 0.3) is 5.91 Å². The Labute approximate surface area is 189 Å². The summed E-state index contributed by atoms with van der Waals surface area (Å²) in [7, 11) is -3.72. The van der Waals surface area contributed by atoms with Crippen molar-refractivity contribution in [2.24, 2.45) is 0 Å². The minimum Gasteiger partial charge on any atom is -0.456 e. The van der Waals surface area contributed by atoms with E-state index in [0.717, 1.165) is 15.6 Å². The van der Waals surface area contributed by atoms with E-state index in [9.17, 15) is 22.8 Å². The fourth-order valence-corrected chi connectivity index (χ4v) is 4.26. The minimum absolute atomic E-state index is 0.0215. The Morgan fingerprint density at radius 3 is 2.23 bits per heavy atom. The first-order valence-corrected chi connectivity index (χ1v) is 11.8. The lowest BCUT2D eigenvalue weighted by molar-refractivity contribution is -0.146. The molecule has 2 rings (SSSR count). The highest BCUT2D eigenvalue weighted by Crippen LogP contribution is 2.25. The second-order valence-electron chi connectivity index (χ2n) is 6.83. The number of hydrogen-bond acceptors (Lipinski definition) is 6. The van der Waals surface area contributed by atoms with Crippen LogP contribution < -0.4 is 10.6 Å². The number of sulfone groups is 1. The molecular weight excluding hydrogens is 488 g/mol. The molecule has 0 spiro atoms. The highest BCUT2D eigenvalue weighted by atomic mass is 79.9. The number of amides is 2. The molecule has 2 N–H and O–H groups in total. The van der Waals surface area contributed by atoms with Crippen molar-refractivity contribution >= 4 is 54.9 Å². The van der Waals surface area contributed by atoms with Crippen LogP contribution in [0, 0.1) is 13.8 Å². The maximum Gasteiger partial charge on any atom is 0.307 e. The molecule has 0 atom stereocenters. The first-order valence-electron chi connectivity index (χ1n) is 9.31. The van der Waals surface area contributed by atoms with Gasteiger partial charge in [0.15, 0.2) is 16.4 Å². The van der Waals surface area contributed by atoms with Gasteiger partial charge in [0.1, 0.15) is 0 Å². The number of benzene rings is 2. The van der Waals surface area contributed by atoms with Crippen LogP contribution in [0.4, 0.5) is 11.4 Å². The second-order valence-corrected chi connectivity index (χ2v) is 9.79. The largest absolute Gasteiger partial charge is 0.456 e. The number of rotatable bonds is 8. The number of nitrogens with one attached hydrogen (secondary N) is 2. The average molecular weight is 511 g/mol. The van der Waals surface area contributed by atoms with E-state index in [-0.39, 0.29) is 17.2 Å². The zero-order chi connectivity index (χ0) is 23.2. The molecule has 0 unspecified atom stereocenters. The van der Waals surface area contributed by atoms with E-state index in [1.807, 2.05) is 13.8 Å². The van der Waals surface area contributed by atoms with Crippen molar-refractivity contribution in [3.05, 3.63) is 52.0 Å². The SMILES string of the molecule is CC(=O)Nc1ccc(S(=O)(=O)CCC(=O)OCC(=O)Nc2ccc(Br)c(C)c2C)cc1. The molecule has 0 aliphatic carbocycles. The standard InChI is InChI=1S/C21H23BrN2O6S/c1-13-14(2)19(9-8-18(13)22)24-20(26)12-30-21(27)10-11-31(28,29)17-6-4-16(5-7-17)23-15(3)25/h4-9H,10-12H2,1-3H3,(H,23,25)(H,24,26). The molecule has 8 nitrogen and oxygen atoms in total. The predicted molar refractivity (Wildman–Crippen MR) is 121 cm³/mol. The quantitative estimate of drug-likeness (QED) is 0.525. The van der Waals surface area contributed by atoms with Crippen molar-refractivity contribution in [3.8, 4) is 0 Å². The lowest BCUT2D eigenvalue weighted by atomic mass is 10.1. The fraction of sp³-hybridized carbons (Fsp3) is 0.286. The van der Waals surface area contributed by atoms with E-state index in [2.05, 4.69) is 26.6 Å². The Morgan fingerprint density at radius 2 is 1.61 bits per heavy atom. The number of ether oxygens (including phenoxy) is 1. The summed E-state index contributed by atoms with van der Waals surface area (Å²) >= 11 is 3.41. The maximum absolute atomic E-state index is 12.4. The minimum atomic E-state index is -3.72. The van der Waals surface area contributed by atoms with Gasteiger partial charge in [0.2, 0.25) is 5.91 Å². The van der Waals surface area contributed by atoms with Gasteiger partial charge in [-0.25, -0.2) is 8.42 Å². The molecule has 10 heteroatoms. The first-order chi connectivity index (χ1) is 14.5. The summed E-state index contributed by atoms with van der Waals surface area (Å²) in [5.74, 6) is -2.04. The van der Waals surface area contributed by atoms with Crippen LogP contribution in [0.2, 0.25) is 0 Å². The van der Waals surface area contributed by atoms with Gasteiger partial charge in [-0.15, -0.1) is 0 Å². The van der Waals surface area contributed by atoms with Crippen molar-refractivity contribution in [3.63, 3.8) is 0 Å². The van der Waals surface area contributed by atoms with E-state index in [0.29, 0.717) is 11.4 Å². The molecule has 2 amide bonds. The van der Waals surface area contributed by atoms with Gasteiger partial charge >= 0.3 is 5.97 Å². The van der Waals surface area contributed by atoms with Gasteiger partial charge in [-0.05, 0) is 61.4 Å². The number of carbonyl (C=O) groups is 3. The average Bonchev–Trinajstić information content (AvgIpc) is 2.71. The Hall–Kier alpha value is -2.72. The molecule has 0 fully saturated rings. The van der Waals surface area contributed by atoms with Gasteiger partial charge in [-0.1, -0.05) is 15.9 Å². The number of esters is 1. The molecule has 2 aromatic carbocycles. The van der Waals surface area contributed by atoms with Crippen LogP contribution in [0.3, 0.4) is 0 Å². The summed E-state index contributed by atoms with van der Waals surface area (Å²) in [5.41, 5.74) is 2.93. The summed E-state index contributed by atoms with van der Waals surface area (Å²) in [4.78, 5) is 35.0. The molecule has 0 bridgehead atoms. The summed E-state index contributed by atoms with van der Waals surface area (Å²) in [6.45, 7) is 4.59. The van der Waals surface area contributed by atoms with Crippen molar-refractivity contribution in [1.82, 2.24) is 0 Å². The second kappa shape index (κ2) is 10.5. The van der Waals surface area contributed by atoms with Gasteiger partial charge in [0.05, 0.1) is 17.1 Å². The van der Waals surface area contributed by atoms with Crippen molar-refractivity contribution in [2.75, 3.05) is 23.0 Å². The van der Waals surface area contributed by atoms with E-state index < -0.39 is 34.1 Å². The monoisotopic (exact) mass is 510 g/mol. The zero-order valence-corrected chi connectivity index (χ0v) is 19.7. The molecule has 0 saturated carbocycles. The van der Waals surface area contributed by atoms with Crippen LogP contribution >= 0.6 is 15.9 Å². The summed E-state index contributed by atoms with van der Waals surface area (Å²) < 4.78 is 30.5. The van der Waals surface area contributed by atoms with E-state index >= 15 is 0 Å². The molecule has 31 heavy (non-hydrogen) atoms. The smallest absolute Gasteiger partial charge is 0.307 e. The van der Waals surface area contributed by atoms with Crippen molar-refractivity contribution in [1.29, 1.82) is 0 Å². The van der Waals surface area contributed by atoms with Crippen LogP contribution in [0.5, 0.6) is 0 Å². The molecule has 0 aliphatic heterocycles. The van der Waals surface area contributed by atoms with Crippen molar-refractivity contribution < 1.29 is 27.5 Å². The molecular formula is C21H23BrN2O6S. The lowest BCUT2D eigenvalue weighted by Crippen LogP contribution is -2.22. The van der Waals surface area contributed by atoms with Gasteiger partial charge in [-0.3, -0.25) is 14.4 Å². The Kier molecular flexibility index (Phi) is 8.35. The lowest BCUT2D eigenvalue weighted by Gasteiger charge is -2.12. The van der Waals surface area contributed by atoms with E-state index in [1.165, 1.54) is 31.2 Å². The number of hydrogen-bond donors (Lipinski definition) is 2. The number of anilines is 2. The van der Waals surface area contributed by atoms with Crippen LogP contribution in [-0.4, -0.2) is 38.6 Å². The summed E-state index contributed by atoms with van der Waals surface area (Å²) in [5, 5.41) is 5.20. The van der Waals surface area contributed by atoms with E-state index in [1.54, 1.807) is 12.1 Å². The molecule has 166 valence electrons. The van der Waals surface area contributed by atoms with Gasteiger partial charge in [0, 0.05) is 22.8 Å². The van der Waals surface area contributed by atoms with Crippen LogP contribution in [0.1, 0.15) is 24.5 Å². The molecule has 2 aromatic rings. The van der Waals surface area contributed by atoms with Crippen molar-refractivity contribution in [2.45, 2.75) is 32.1 Å². The molecule has 0 aliphatic rings. The first kappa shape index (κ1) is 24.5. The number of halogens is 1. The number of carbonyl (C=O) groups excluding carboxylic acids is 3. The Morgan fingerprint density at radius 1 is 0.968 bits per heavy atom. The molecule has 0 saturated heterocycles. The highest BCUT2D eigenvalue weighted by molar-refractivity contribution is 9.10. The van der Waals surface area contributed by atoms with Crippen LogP contribution in [0.25, 0.3) is 0 Å². The molecule has 0 aromatic heterocycles. The highest BCUT2D eigenvalue weighted by Gasteiger charge is 2.18. The maximum atomic E-state index is 12.4. The zero-order valence-electron chi connectivity index (χ0n) is 17.3. The van der Waals surface area contributed by atoms with Gasteiger partial charge < -0.3 is 15.4 Å². The summed E-state index contributed by atoms with van der Waals surface area (Å²) in [6.07, 6.45) is -0.389. The van der Waals surface area contributed by atoms with Gasteiger partial charge in [-0.2, -0.15) is 0 Å². The third-order valence-corrected chi connectivity index (χ3v) is 7.06. The summed E-state index contributed by atoms with van der Waals surface area (Å²) in [6, 6.07) is 9.16. The van der Waals surface area contributed by atoms with Crippen LogP contribution in [-0.2, 0) is 29.0 Å². The molecule has 0 radical (unpaired) electrons. The predicted octanol–water partition coefficient (Wildman–Crippen LogP) is 3.37. The Bertz CT molecular complexity index is 1100. The third kappa shape index (κ3) is 7.18. The Balaban J connectivity index is 1.85. The fourth-order valence-electron chi connectivity index (χ4n) is 2.61.